The van der Waals surface area contributed by atoms with Gasteiger partial charge in [0.2, 0.25) is 5.91 Å². The smallest absolute Gasteiger partial charge is 0.325 e. The van der Waals surface area contributed by atoms with E-state index in [1.54, 1.807) is 4.57 Å². The van der Waals surface area contributed by atoms with E-state index in [4.69, 9.17) is 0 Å². The molecule has 0 saturated carbocycles. The Morgan fingerprint density at radius 1 is 1.21 bits per heavy atom. The van der Waals surface area contributed by atoms with Crippen LogP contribution in [0.5, 0.6) is 0 Å². The second-order valence-electron chi connectivity index (χ2n) is 6.68. The lowest BCUT2D eigenvalue weighted by Gasteiger charge is -2.18. The van der Waals surface area contributed by atoms with Gasteiger partial charge in [-0.1, -0.05) is 61.2 Å². The number of H-pyrrole nitrogens is 1. The Balaban J connectivity index is 1.93. The third-order valence-electron chi connectivity index (χ3n) is 4.39. The molecule has 0 bridgehead atoms. The van der Waals surface area contributed by atoms with Crippen LogP contribution < -0.4 is 11.0 Å². The summed E-state index contributed by atoms with van der Waals surface area (Å²) in [5.74, 6) is -0.150. The van der Waals surface area contributed by atoms with Crippen molar-refractivity contribution in [2.75, 3.05) is 5.32 Å². The fourth-order valence-electron chi connectivity index (χ4n) is 2.89. The highest BCUT2D eigenvalue weighted by molar-refractivity contribution is 8.00. The molecule has 0 fully saturated rings. The predicted octanol–water partition coefficient (Wildman–Crippen LogP) is 4.07. The first-order valence-corrected chi connectivity index (χ1v) is 10.1. The Kier molecular flexibility index (Phi) is 6.36. The van der Waals surface area contributed by atoms with Crippen LogP contribution in [-0.2, 0) is 11.3 Å². The number of carbonyl (C=O) groups excluding carboxylic acids is 1. The number of anilines is 1. The summed E-state index contributed by atoms with van der Waals surface area (Å²) in [4.78, 5) is 25.2. The van der Waals surface area contributed by atoms with Crippen molar-refractivity contribution >= 4 is 23.4 Å². The first-order valence-electron chi connectivity index (χ1n) is 9.24. The Labute approximate surface area is 168 Å². The van der Waals surface area contributed by atoms with Gasteiger partial charge in [0, 0.05) is 12.2 Å². The number of carbonyl (C=O) groups is 1. The summed E-state index contributed by atoms with van der Waals surface area (Å²) >= 11 is 1.28. The second-order valence-corrected chi connectivity index (χ2v) is 7.75. The zero-order valence-corrected chi connectivity index (χ0v) is 17.0. The Morgan fingerprint density at radius 2 is 1.96 bits per heavy atom. The number of aromatic nitrogens is 3. The van der Waals surface area contributed by atoms with E-state index in [-0.39, 0.29) is 11.6 Å². The largest absolute Gasteiger partial charge is 0.343 e. The summed E-state index contributed by atoms with van der Waals surface area (Å²) in [7, 11) is 0. The maximum absolute atomic E-state index is 13.2. The van der Waals surface area contributed by atoms with Crippen LogP contribution in [0.2, 0.25) is 0 Å². The molecule has 0 aliphatic carbocycles. The van der Waals surface area contributed by atoms with Crippen molar-refractivity contribution in [1.29, 1.82) is 0 Å². The van der Waals surface area contributed by atoms with Gasteiger partial charge in [-0.15, -0.1) is 5.10 Å². The number of thioether (sulfide) groups is 1. The molecular weight excluding hydrogens is 372 g/mol. The van der Waals surface area contributed by atoms with E-state index in [2.05, 4.69) is 15.5 Å². The van der Waals surface area contributed by atoms with Crippen LogP contribution in [0.3, 0.4) is 0 Å². The molecule has 146 valence electrons. The van der Waals surface area contributed by atoms with Gasteiger partial charge >= 0.3 is 5.69 Å². The van der Waals surface area contributed by atoms with E-state index in [0.717, 1.165) is 28.8 Å². The average Bonchev–Trinajstić information content (AvgIpc) is 3.03. The van der Waals surface area contributed by atoms with Crippen molar-refractivity contribution in [1.82, 2.24) is 14.8 Å². The molecule has 6 nitrogen and oxygen atoms in total. The van der Waals surface area contributed by atoms with E-state index >= 15 is 0 Å². The number of hydrogen-bond donors (Lipinski definition) is 2. The van der Waals surface area contributed by atoms with Gasteiger partial charge in [-0.2, -0.15) is 0 Å². The molecule has 1 atom stereocenters. The van der Waals surface area contributed by atoms with E-state index in [1.807, 2.05) is 69.3 Å². The van der Waals surface area contributed by atoms with Crippen molar-refractivity contribution in [3.8, 4) is 0 Å². The van der Waals surface area contributed by atoms with Gasteiger partial charge in [0.1, 0.15) is 5.25 Å². The van der Waals surface area contributed by atoms with Gasteiger partial charge in [-0.05, 0) is 43.0 Å². The SMILES string of the molecule is CCCn1c(S[C@H](C(=O)Nc2cc(C)ccc2C)c2ccccc2)n[nH]c1=O. The summed E-state index contributed by atoms with van der Waals surface area (Å²) < 4.78 is 1.58. The summed E-state index contributed by atoms with van der Waals surface area (Å²) in [5, 5.41) is 9.64. The lowest BCUT2D eigenvalue weighted by molar-refractivity contribution is -0.115. The molecular formula is C21H24N4O2S. The Bertz CT molecular complexity index is 1010. The highest BCUT2D eigenvalue weighted by atomic mass is 32.2. The third-order valence-corrected chi connectivity index (χ3v) is 5.63. The highest BCUT2D eigenvalue weighted by Crippen LogP contribution is 2.35. The van der Waals surface area contributed by atoms with E-state index in [1.165, 1.54) is 11.8 Å². The summed E-state index contributed by atoms with van der Waals surface area (Å²) in [5.41, 5.74) is 3.46. The van der Waals surface area contributed by atoms with Gasteiger partial charge in [-0.3, -0.25) is 9.36 Å². The molecule has 0 unspecified atom stereocenters. The monoisotopic (exact) mass is 396 g/mol. The molecule has 2 aromatic carbocycles. The number of hydrogen-bond acceptors (Lipinski definition) is 4. The Hall–Kier alpha value is -2.80. The molecule has 0 aliphatic heterocycles. The normalized spacial score (nSPS) is 12.0. The van der Waals surface area contributed by atoms with Crippen LogP contribution in [0, 0.1) is 13.8 Å². The van der Waals surface area contributed by atoms with Crippen LogP contribution in [0.4, 0.5) is 5.69 Å². The van der Waals surface area contributed by atoms with Crippen LogP contribution in [0.25, 0.3) is 0 Å². The van der Waals surface area contributed by atoms with Crippen molar-refractivity contribution in [3.05, 3.63) is 75.7 Å². The van der Waals surface area contributed by atoms with Crippen molar-refractivity contribution in [2.24, 2.45) is 0 Å². The minimum Gasteiger partial charge on any atom is -0.325 e. The molecule has 7 heteroatoms. The van der Waals surface area contributed by atoms with Crippen LogP contribution in [0.15, 0.2) is 58.5 Å². The van der Waals surface area contributed by atoms with Crippen LogP contribution >= 0.6 is 11.8 Å². The van der Waals surface area contributed by atoms with Crippen molar-refractivity contribution in [3.63, 3.8) is 0 Å². The number of rotatable bonds is 7. The van der Waals surface area contributed by atoms with Gasteiger partial charge in [0.15, 0.2) is 5.16 Å². The molecule has 0 radical (unpaired) electrons. The molecule has 3 aromatic rings. The zero-order chi connectivity index (χ0) is 20.1. The summed E-state index contributed by atoms with van der Waals surface area (Å²) in [6.07, 6.45) is 0.803. The van der Waals surface area contributed by atoms with Gasteiger partial charge in [0.05, 0.1) is 0 Å². The molecule has 1 aromatic heterocycles. The molecule has 1 amide bonds. The quantitative estimate of drug-likeness (QED) is 0.590. The third kappa shape index (κ3) is 4.54. The number of nitrogens with zero attached hydrogens (tertiary/aromatic N) is 2. The van der Waals surface area contributed by atoms with Gasteiger partial charge in [-0.25, -0.2) is 9.89 Å². The number of nitrogens with one attached hydrogen (secondary N) is 2. The van der Waals surface area contributed by atoms with Crippen LogP contribution in [0.1, 0.15) is 35.3 Å². The number of amides is 1. The summed E-state index contributed by atoms with van der Waals surface area (Å²) in [6, 6.07) is 15.5. The molecule has 28 heavy (non-hydrogen) atoms. The zero-order valence-electron chi connectivity index (χ0n) is 16.2. The number of benzene rings is 2. The highest BCUT2D eigenvalue weighted by Gasteiger charge is 2.25. The fourth-order valence-corrected chi connectivity index (χ4v) is 3.96. The van der Waals surface area contributed by atoms with Gasteiger partial charge in [0.25, 0.3) is 0 Å². The topological polar surface area (TPSA) is 79.8 Å². The van der Waals surface area contributed by atoms with E-state index in [9.17, 15) is 9.59 Å². The van der Waals surface area contributed by atoms with Crippen molar-refractivity contribution in [2.45, 2.75) is 44.1 Å². The molecule has 1 heterocycles. The Morgan fingerprint density at radius 3 is 2.68 bits per heavy atom. The van der Waals surface area contributed by atoms with E-state index < -0.39 is 5.25 Å². The standard InChI is InChI=1S/C21H24N4O2S/c1-4-12-25-20(27)23-24-21(25)28-18(16-8-6-5-7-9-16)19(26)22-17-13-14(2)10-11-15(17)3/h5-11,13,18H,4,12H2,1-3H3,(H,22,26)(H,23,27)/t18-/m0/s1. The molecule has 3 rings (SSSR count). The molecule has 0 spiro atoms. The first kappa shape index (κ1) is 19.9. The fraction of sp³-hybridized carbons (Fsp3) is 0.286. The number of aryl methyl sites for hydroxylation is 2. The minimum atomic E-state index is -0.535. The first-order chi connectivity index (χ1) is 13.5. The molecule has 0 aliphatic rings. The van der Waals surface area contributed by atoms with Crippen LogP contribution in [-0.4, -0.2) is 20.7 Å². The van der Waals surface area contributed by atoms with E-state index in [0.29, 0.717) is 11.7 Å². The summed E-state index contributed by atoms with van der Waals surface area (Å²) in [6.45, 7) is 6.51. The maximum Gasteiger partial charge on any atom is 0.343 e. The predicted molar refractivity (Wildman–Crippen MR) is 113 cm³/mol. The lowest BCUT2D eigenvalue weighted by Crippen LogP contribution is -2.21. The number of aromatic amines is 1. The lowest BCUT2D eigenvalue weighted by atomic mass is 10.1. The van der Waals surface area contributed by atoms with Gasteiger partial charge < -0.3 is 5.32 Å². The second kappa shape index (κ2) is 8.93. The minimum absolute atomic E-state index is 0.150. The van der Waals surface area contributed by atoms with Crippen molar-refractivity contribution < 1.29 is 4.79 Å². The molecule has 0 saturated heterocycles. The average molecular weight is 397 g/mol. The molecule has 2 N–H and O–H groups in total. The maximum atomic E-state index is 13.2.